The van der Waals surface area contributed by atoms with Crippen LogP contribution >= 0.6 is 0 Å². The van der Waals surface area contributed by atoms with Crippen molar-refractivity contribution in [1.29, 1.82) is 0 Å². The smallest absolute Gasteiger partial charge is 0.223 e. The summed E-state index contributed by atoms with van der Waals surface area (Å²) in [5, 5.41) is 1.47. The summed E-state index contributed by atoms with van der Waals surface area (Å²) in [6.07, 6.45) is 5.36. The minimum Gasteiger partial charge on any atom is -0.474 e. The zero-order valence-electron chi connectivity index (χ0n) is 12.8. The van der Waals surface area contributed by atoms with E-state index in [1.54, 1.807) is 12.4 Å². The van der Waals surface area contributed by atoms with Crippen LogP contribution in [0.3, 0.4) is 0 Å². The maximum Gasteiger partial charge on any atom is 0.223 e. The Balaban J connectivity index is 3.06. The summed E-state index contributed by atoms with van der Waals surface area (Å²) in [6, 6.07) is 0. The molecule has 0 radical (unpaired) electrons. The van der Waals surface area contributed by atoms with Crippen LogP contribution in [-0.4, -0.2) is 38.2 Å². The molecule has 1 rings (SSSR count). The van der Waals surface area contributed by atoms with E-state index < -0.39 is 9.84 Å². The van der Waals surface area contributed by atoms with E-state index in [1.165, 1.54) is 6.26 Å². The fourth-order valence-corrected chi connectivity index (χ4v) is 2.50. The van der Waals surface area contributed by atoms with E-state index in [0.29, 0.717) is 23.9 Å². The molecule has 0 N–H and O–H groups in total. The molecule has 1 atom stereocenters. The molecule has 21 heavy (non-hydrogen) atoms. The summed E-state index contributed by atoms with van der Waals surface area (Å²) in [4.78, 5) is 8.02. The van der Waals surface area contributed by atoms with Crippen molar-refractivity contribution in [3.63, 3.8) is 0 Å². The van der Waals surface area contributed by atoms with E-state index in [1.807, 2.05) is 13.8 Å². The third kappa shape index (κ3) is 5.30. The number of aromatic nitrogens is 1. The van der Waals surface area contributed by atoms with Gasteiger partial charge in [-0.05, 0) is 37.3 Å². The SMILES string of the molecule is C=N/C=c1/c(OC(CC)CCS(C)(=O)=O)ncc(C)c1=C. The Morgan fingerprint density at radius 3 is 2.71 bits per heavy atom. The van der Waals surface area contributed by atoms with Gasteiger partial charge in [-0.1, -0.05) is 13.5 Å². The summed E-state index contributed by atoms with van der Waals surface area (Å²) in [5.74, 6) is 0.506. The molecule has 0 amide bonds. The van der Waals surface area contributed by atoms with Gasteiger partial charge in [0.2, 0.25) is 5.88 Å². The Kier molecular flexibility index (Phi) is 6.08. The summed E-state index contributed by atoms with van der Waals surface area (Å²) in [6.45, 7) is 11.3. The van der Waals surface area contributed by atoms with Crippen molar-refractivity contribution in [3.8, 4) is 5.88 Å². The number of ether oxygens (including phenoxy) is 1. The Bertz CT molecular complexity index is 711. The maximum atomic E-state index is 11.3. The van der Waals surface area contributed by atoms with Crippen LogP contribution in [0.1, 0.15) is 25.3 Å². The second-order valence-corrected chi connectivity index (χ2v) is 7.28. The summed E-state index contributed by atoms with van der Waals surface area (Å²) < 4.78 is 28.4. The van der Waals surface area contributed by atoms with Gasteiger partial charge in [-0.2, -0.15) is 0 Å². The zero-order chi connectivity index (χ0) is 16.0. The number of pyridine rings is 1. The van der Waals surface area contributed by atoms with Gasteiger partial charge in [-0.3, -0.25) is 4.99 Å². The predicted molar refractivity (Wildman–Crippen MR) is 86.8 cm³/mol. The Labute approximate surface area is 126 Å². The highest BCUT2D eigenvalue weighted by atomic mass is 32.2. The van der Waals surface area contributed by atoms with Crippen molar-refractivity contribution >= 4 is 29.3 Å². The number of aliphatic imine (C=N–C) groups is 1. The molecule has 116 valence electrons. The van der Waals surface area contributed by atoms with Crippen LogP contribution in [0.4, 0.5) is 0 Å². The van der Waals surface area contributed by atoms with E-state index >= 15 is 0 Å². The Morgan fingerprint density at radius 2 is 2.19 bits per heavy atom. The third-order valence-corrected chi connectivity index (χ3v) is 4.15. The zero-order valence-corrected chi connectivity index (χ0v) is 13.6. The lowest BCUT2D eigenvalue weighted by Gasteiger charge is -2.17. The molecular weight excluding hydrogens is 288 g/mol. The molecule has 1 heterocycles. The lowest BCUT2D eigenvalue weighted by atomic mass is 10.2. The van der Waals surface area contributed by atoms with Crippen LogP contribution in [0.15, 0.2) is 11.2 Å². The molecule has 0 aliphatic rings. The summed E-state index contributed by atoms with van der Waals surface area (Å²) >= 11 is 0. The van der Waals surface area contributed by atoms with Crippen molar-refractivity contribution in [2.24, 2.45) is 4.99 Å². The maximum absolute atomic E-state index is 11.3. The Morgan fingerprint density at radius 1 is 1.52 bits per heavy atom. The number of rotatable bonds is 7. The van der Waals surface area contributed by atoms with Gasteiger partial charge < -0.3 is 4.74 Å². The van der Waals surface area contributed by atoms with Gasteiger partial charge in [0.05, 0.1) is 11.0 Å². The van der Waals surface area contributed by atoms with Crippen LogP contribution in [0, 0.1) is 6.92 Å². The molecule has 1 unspecified atom stereocenters. The highest BCUT2D eigenvalue weighted by Crippen LogP contribution is 2.09. The van der Waals surface area contributed by atoms with E-state index in [9.17, 15) is 8.42 Å². The van der Waals surface area contributed by atoms with Gasteiger partial charge in [-0.25, -0.2) is 13.4 Å². The monoisotopic (exact) mass is 310 g/mol. The van der Waals surface area contributed by atoms with Gasteiger partial charge in [0.25, 0.3) is 0 Å². The molecule has 1 aromatic heterocycles. The summed E-state index contributed by atoms with van der Waals surface area (Å²) in [5.41, 5.74) is 0.932. The first kappa shape index (κ1) is 17.4. The quantitative estimate of drug-likeness (QED) is 0.700. The van der Waals surface area contributed by atoms with Crippen LogP contribution in [0.5, 0.6) is 5.88 Å². The van der Waals surface area contributed by atoms with E-state index in [0.717, 1.165) is 10.8 Å². The van der Waals surface area contributed by atoms with Crippen molar-refractivity contribution < 1.29 is 13.2 Å². The lowest BCUT2D eigenvalue weighted by Crippen LogP contribution is -2.32. The summed E-state index contributed by atoms with van der Waals surface area (Å²) in [7, 11) is -3.01. The van der Waals surface area contributed by atoms with E-state index in [2.05, 4.69) is 23.3 Å². The van der Waals surface area contributed by atoms with Crippen molar-refractivity contribution in [2.45, 2.75) is 32.8 Å². The standard InChI is InChI=1S/C15H22N2O3S/c1-6-13(7-8-21(5,18)19)20-15-14(10-16-4)12(3)11(2)9-17-15/h9-10,13H,3-4,6-8H2,1-2,5H3/b14-10+. The third-order valence-electron chi connectivity index (χ3n) is 3.17. The molecule has 0 saturated carbocycles. The Hall–Kier alpha value is -1.69. The van der Waals surface area contributed by atoms with Crippen LogP contribution < -0.4 is 15.2 Å². The van der Waals surface area contributed by atoms with Gasteiger partial charge in [0.1, 0.15) is 15.9 Å². The van der Waals surface area contributed by atoms with Crippen LogP contribution in [-0.2, 0) is 9.84 Å². The minimum absolute atomic E-state index is 0.0906. The lowest BCUT2D eigenvalue weighted by molar-refractivity contribution is 0.183. The van der Waals surface area contributed by atoms with Crippen LogP contribution in [0.25, 0.3) is 12.8 Å². The average Bonchev–Trinajstić information content (AvgIpc) is 2.41. The fourth-order valence-electron chi connectivity index (χ4n) is 1.81. The van der Waals surface area contributed by atoms with Crippen molar-refractivity contribution in [1.82, 2.24) is 4.98 Å². The fraction of sp³-hybridized carbons (Fsp3) is 0.467. The van der Waals surface area contributed by atoms with Gasteiger partial charge in [-0.15, -0.1) is 0 Å². The molecule has 6 heteroatoms. The topological polar surface area (TPSA) is 68.6 Å². The number of hydrogen-bond acceptors (Lipinski definition) is 5. The molecular formula is C15H22N2O3S. The molecule has 0 fully saturated rings. The molecule has 0 spiro atoms. The molecule has 5 nitrogen and oxygen atoms in total. The predicted octanol–water partition coefficient (Wildman–Crippen LogP) is 0.831. The molecule has 1 aromatic rings. The van der Waals surface area contributed by atoms with Gasteiger partial charge >= 0.3 is 0 Å². The molecule has 0 aliphatic heterocycles. The number of nitrogens with zero attached hydrogens (tertiary/aromatic N) is 2. The first-order valence-electron chi connectivity index (χ1n) is 6.73. The van der Waals surface area contributed by atoms with Crippen LogP contribution in [0.2, 0.25) is 0 Å². The normalized spacial score (nSPS) is 14.0. The first-order valence-corrected chi connectivity index (χ1v) is 8.79. The highest BCUT2D eigenvalue weighted by molar-refractivity contribution is 7.90. The number of aryl methyl sites for hydroxylation is 1. The highest BCUT2D eigenvalue weighted by Gasteiger charge is 2.14. The molecule has 0 aromatic carbocycles. The second-order valence-electron chi connectivity index (χ2n) is 5.02. The average molecular weight is 310 g/mol. The first-order chi connectivity index (χ1) is 9.78. The van der Waals surface area contributed by atoms with Crippen molar-refractivity contribution in [3.05, 3.63) is 22.2 Å². The van der Waals surface area contributed by atoms with Gasteiger partial charge in [0.15, 0.2) is 0 Å². The second kappa shape index (κ2) is 7.36. The molecule has 0 saturated heterocycles. The van der Waals surface area contributed by atoms with Gasteiger partial charge in [0, 0.05) is 18.7 Å². The number of sulfone groups is 1. The minimum atomic E-state index is -3.01. The largest absolute Gasteiger partial charge is 0.474 e. The number of hydrogen-bond donors (Lipinski definition) is 0. The van der Waals surface area contributed by atoms with E-state index in [-0.39, 0.29) is 11.9 Å². The molecule has 0 bridgehead atoms. The van der Waals surface area contributed by atoms with Crippen molar-refractivity contribution in [2.75, 3.05) is 12.0 Å². The molecule has 0 aliphatic carbocycles. The van der Waals surface area contributed by atoms with E-state index in [4.69, 9.17) is 4.74 Å².